The summed E-state index contributed by atoms with van der Waals surface area (Å²) in [5.74, 6) is -0.188. The molecule has 0 atom stereocenters. The zero-order valence-electron chi connectivity index (χ0n) is 19.8. The van der Waals surface area contributed by atoms with Gasteiger partial charge in [-0.3, -0.25) is 4.90 Å². The standard InChI is InChI=1S/C26H21F6N5O/c27-25(28,29)19-7-3-2-6-17(19)18-9-8-16(14-20(18)26(30,31)32)37(23(34)38)24(11-4-1-5-12-24)21-10-13-35-22(15-33)36-21/h2-3,6-10,13-14H,1,4-5,11-12H2,(H2,34,38). The molecule has 1 aliphatic rings. The normalized spacial score (nSPS) is 15.5. The van der Waals surface area contributed by atoms with Crippen LogP contribution in [0.15, 0.2) is 54.7 Å². The number of nitrogens with two attached hydrogens (primary N) is 1. The van der Waals surface area contributed by atoms with Gasteiger partial charge < -0.3 is 5.73 Å². The van der Waals surface area contributed by atoms with E-state index in [0.29, 0.717) is 25.0 Å². The zero-order chi connectivity index (χ0) is 27.7. The van der Waals surface area contributed by atoms with E-state index in [0.717, 1.165) is 35.6 Å². The molecule has 0 radical (unpaired) electrons. The first-order chi connectivity index (χ1) is 17.9. The number of benzene rings is 2. The monoisotopic (exact) mass is 533 g/mol. The number of halogens is 6. The molecule has 12 heteroatoms. The lowest BCUT2D eigenvalue weighted by Crippen LogP contribution is -2.53. The Labute approximate surface area is 213 Å². The molecule has 0 aliphatic heterocycles. The van der Waals surface area contributed by atoms with Gasteiger partial charge in [0.15, 0.2) is 0 Å². The van der Waals surface area contributed by atoms with Crippen molar-refractivity contribution in [2.45, 2.75) is 50.0 Å². The number of urea groups is 1. The number of alkyl halides is 6. The van der Waals surface area contributed by atoms with E-state index >= 15 is 0 Å². The second-order valence-electron chi connectivity index (χ2n) is 8.91. The van der Waals surface area contributed by atoms with E-state index in [4.69, 9.17) is 5.73 Å². The largest absolute Gasteiger partial charge is 0.417 e. The van der Waals surface area contributed by atoms with Crippen molar-refractivity contribution in [2.75, 3.05) is 4.90 Å². The van der Waals surface area contributed by atoms with E-state index in [1.165, 1.54) is 18.3 Å². The first-order valence-electron chi connectivity index (χ1n) is 11.6. The number of aromatic nitrogens is 2. The first kappa shape index (κ1) is 26.9. The van der Waals surface area contributed by atoms with Crippen molar-refractivity contribution in [3.05, 3.63) is 77.4 Å². The van der Waals surface area contributed by atoms with Crippen molar-refractivity contribution in [3.63, 3.8) is 0 Å². The van der Waals surface area contributed by atoms with Crippen molar-refractivity contribution >= 4 is 11.7 Å². The van der Waals surface area contributed by atoms with Gasteiger partial charge >= 0.3 is 18.4 Å². The Bertz CT molecular complexity index is 1390. The SMILES string of the molecule is N#Cc1nccc(C2(N(C(N)=O)c3ccc(-c4ccccc4C(F)(F)F)c(C(F)(F)F)c3)CCCCC2)n1. The Morgan fingerprint density at radius 3 is 2.16 bits per heavy atom. The zero-order valence-corrected chi connectivity index (χ0v) is 19.8. The Hall–Kier alpha value is -4.14. The second-order valence-corrected chi connectivity index (χ2v) is 8.91. The minimum Gasteiger partial charge on any atom is -0.351 e. The van der Waals surface area contributed by atoms with Crippen LogP contribution in [-0.4, -0.2) is 16.0 Å². The summed E-state index contributed by atoms with van der Waals surface area (Å²) in [5.41, 5.74) is 0.515. The Balaban J connectivity index is 1.95. The van der Waals surface area contributed by atoms with Crippen LogP contribution in [0, 0.1) is 11.3 Å². The summed E-state index contributed by atoms with van der Waals surface area (Å²) >= 11 is 0. The van der Waals surface area contributed by atoms with Gasteiger partial charge in [-0.1, -0.05) is 43.5 Å². The number of hydrogen-bond acceptors (Lipinski definition) is 4. The molecule has 4 rings (SSSR count). The fourth-order valence-electron chi connectivity index (χ4n) is 5.09. The average Bonchev–Trinajstić information content (AvgIpc) is 2.88. The molecule has 6 nitrogen and oxygen atoms in total. The molecule has 2 aromatic carbocycles. The number of rotatable bonds is 4. The number of nitrogens with zero attached hydrogens (tertiary/aromatic N) is 4. The lowest BCUT2D eigenvalue weighted by atomic mass is 9.77. The van der Waals surface area contributed by atoms with Crippen LogP contribution in [0.2, 0.25) is 0 Å². The third-order valence-electron chi connectivity index (χ3n) is 6.65. The second kappa shape index (κ2) is 9.96. The summed E-state index contributed by atoms with van der Waals surface area (Å²) in [6.07, 6.45) is -6.07. The van der Waals surface area contributed by atoms with E-state index < -0.39 is 46.2 Å². The molecule has 0 unspecified atom stereocenters. The molecule has 38 heavy (non-hydrogen) atoms. The minimum absolute atomic E-state index is 0.188. The van der Waals surface area contributed by atoms with Crippen molar-refractivity contribution in [3.8, 4) is 17.2 Å². The van der Waals surface area contributed by atoms with Gasteiger partial charge in [0.25, 0.3) is 0 Å². The molecule has 1 heterocycles. The van der Waals surface area contributed by atoms with Gasteiger partial charge in [0, 0.05) is 11.9 Å². The molecule has 198 valence electrons. The molecule has 0 bridgehead atoms. The lowest BCUT2D eigenvalue weighted by molar-refractivity contribution is -0.139. The molecule has 3 aromatic rings. The van der Waals surface area contributed by atoms with Crippen molar-refractivity contribution in [2.24, 2.45) is 5.73 Å². The van der Waals surface area contributed by atoms with Gasteiger partial charge in [0.1, 0.15) is 6.07 Å². The summed E-state index contributed by atoms with van der Waals surface area (Å²) in [7, 11) is 0. The number of anilines is 1. The topological polar surface area (TPSA) is 95.9 Å². The number of carbonyl (C=O) groups excluding carboxylic acids is 1. The molecular formula is C26H21F6N5O. The number of carbonyl (C=O) groups is 1. The van der Waals surface area contributed by atoms with Gasteiger partial charge in [-0.2, -0.15) is 31.6 Å². The molecule has 0 saturated heterocycles. The van der Waals surface area contributed by atoms with Gasteiger partial charge in [-0.15, -0.1) is 0 Å². The Morgan fingerprint density at radius 2 is 1.55 bits per heavy atom. The summed E-state index contributed by atoms with van der Waals surface area (Å²) in [6, 6.07) is 8.88. The smallest absolute Gasteiger partial charge is 0.351 e. The molecule has 1 aliphatic carbocycles. The predicted octanol–water partition coefficient (Wildman–Crippen LogP) is 6.80. The van der Waals surface area contributed by atoms with Crippen LogP contribution in [0.25, 0.3) is 11.1 Å². The maximum Gasteiger partial charge on any atom is 0.417 e. The maximum absolute atomic E-state index is 14.3. The Morgan fingerprint density at radius 1 is 0.921 bits per heavy atom. The van der Waals surface area contributed by atoms with Crippen molar-refractivity contribution in [1.82, 2.24) is 9.97 Å². The number of amides is 2. The van der Waals surface area contributed by atoms with Crippen LogP contribution in [0.3, 0.4) is 0 Å². The van der Waals surface area contributed by atoms with Gasteiger partial charge in [0.2, 0.25) is 5.82 Å². The minimum atomic E-state index is -5.06. The highest BCUT2D eigenvalue weighted by Gasteiger charge is 2.45. The van der Waals surface area contributed by atoms with Crippen LogP contribution in [0.1, 0.15) is 54.7 Å². The first-order valence-corrected chi connectivity index (χ1v) is 11.6. The summed E-state index contributed by atoms with van der Waals surface area (Å²) in [5, 5.41) is 9.27. The molecule has 2 N–H and O–H groups in total. The molecule has 0 spiro atoms. The molecule has 1 saturated carbocycles. The van der Waals surface area contributed by atoms with Crippen molar-refractivity contribution in [1.29, 1.82) is 5.26 Å². The van der Waals surface area contributed by atoms with E-state index in [1.807, 2.05) is 0 Å². The number of nitriles is 1. The summed E-state index contributed by atoms with van der Waals surface area (Å²) < 4.78 is 83.8. The van der Waals surface area contributed by atoms with Gasteiger partial charge in [-0.05, 0) is 48.2 Å². The van der Waals surface area contributed by atoms with Crippen molar-refractivity contribution < 1.29 is 31.1 Å². The highest BCUT2D eigenvalue weighted by Crippen LogP contribution is 2.47. The van der Waals surface area contributed by atoms with Crippen LogP contribution in [0.5, 0.6) is 0 Å². The van der Waals surface area contributed by atoms with Crippen LogP contribution >= 0.6 is 0 Å². The molecular weight excluding hydrogens is 512 g/mol. The third kappa shape index (κ3) is 5.01. The molecule has 1 fully saturated rings. The number of hydrogen-bond donors (Lipinski definition) is 1. The lowest BCUT2D eigenvalue weighted by Gasteiger charge is -2.45. The van der Waals surface area contributed by atoms with Gasteiger partial charge in [0.05, 0.1) is 22.4 Å². The fourth-order valence-corrected chi connectivity index (χ4v) is 5.09. The molecule has 1 aromatic heterocycles. The van der Waals surface area contributed by atoms with Crippen LogP contribution in [0.4, 0.5) is 36.8 Å². The highest BCUT2D eigenvalue weighted by atomic mass is 19.4. The Kier molecular flexibility index (Phi) is 7.06. The third-order valence-corrected chi connectivity index (χ3v) is 6.65. The van der Waals surface area contributed by atoms with E-state index in [2.05, 4.69) is 9.97 Å². The summed E-state index contributed by atoms with van der Waals surface area (Å²) in [4.78, 5) is 21.9. The summed E-state index contributed by atoms with van der Waals surface area (Å²) in [6.45, 7) is 0. The van der Waals surface area contributed by atoms with E-state index in [-0.39, 0.29) is 30.0 Å². The molecule has 2 amide bonds. The predicted molar refractivity (Wildman–Crippen MR) is 125 cm³/mol. The van der Waals surface area contributed by atoms with E-state index in [9.17, 15) is 36.4 Å². The van der Waals surface area contributed by atoms with Crippen LogP contribution < -0.4 is 10.6 Å². The fraction of sp³-hybridized carbons (Fsp3) is 0.308. The number of primary amides is 1. The quantitative estimate of drug-likeness (QED) is 0.373. The maximum atomic E-state index is 14.3. The van der Waals surface area contributed by atoms with E-state index in [1.54, 1.807) is 6.07 Å². The average molecular weight is 533 g/mol. The highest BCUT2D eigenvalue weighted by molar-refractivity contribution is 5.93. The van der Waals surface area contributed by atoms with Gasteiger partial charge in [-0.25, -0.2) is 14.8 Å². The van der Waals surface area contributed by atoms with Crippen LogP contribution in [-0.2, 0) is 17.9 Å².